The first-order chi connectivity index (χ1) is 8.29. The van der Waals surface area contributed by atoms with Crippen LogP contribution >= 0.6 is 23.4 Å². The van der Waals surface area contributed by atoms with Crippen molar-refractivity contribution < 1.29 is 5.11 Å². The predicted molar refractivity (Wildman–Crippen MR) is 70.3 cm³/mol. The summed E-state index contributed by atoms with van der Waals surface area (Å²) in [7, 11) is 0. The number of nitrogens with zero attached hydrogens (tertiary/aromatic N) is 2. The number of hydrogen-bond acceptors (Lipinski definition) is 4. The van der Waals surface area contributed by atoms with E-state index in [9.17, 15) is 0 Å². The van der Waals surface area contributed by atoms with Crippen molar-refractivity contribution >= 4 is 23.4 Å². The average molecular weight is 267 g/mol. The molecular formula is C12H11ClN2OS. The maximum Gasteiger partial charge on any atom is 0.162 e. The van der Waals surface area contributed by atoms with Gasteiger partial charge in [-0.25, -0.2) is 9.97 Å². The van der Waals surface area contributed by atoms with Crippen molar-refractivity contribution in [3.8, 4) is 11.4 Å². The second-order valence-corrected chi connectivity index (χ2v) is 4.79. The van der Waals surface area contributed by atoms with Crippen LogP contribution in [0.1, 0.15) is 0 Å². The zero-order chi connectivity index (χ0) is 12.1. The smallest absolute Gasteiger partial charge is 0.162 e. The zero-order valence-corrected chi connectivity index (χ0v) is 10.6. The lowest BCUT2D eigenvalue weighted by Crippen LogP contribution is -1.93. The molecule has 0 unspecified atom stereocenters. The van der Waals surface area contributed by atoms with Gasteiger partial charge >= 0.3 is 0 Å². The SMILES string of the molecule is OCCSc1cc(Cl)nc(-c2ccccc2)n1. The third-order valence-corrected chi connectivity index (χ3v) is 3.13. The number of aromatic nitrogens is 2. The lowest BCUT2D eigenvalue weighted by molar-refractivity contribution is 0.322. The Bertz CT molecular complexity index is 493. The highest BCUT2D eigenvalue weighted by molar-refractivity contribution is 7.99. The molecule has 0 radical (unpaired) electrons. The van der Waals surface area contributed by atoms with E-state index in [1.807, 2.05) is 30.3 Å². The number of aliphatic hydroxyl groups is 1. The van der Waals surface area contributed by atoms with Crippen LogP contribution in [0.3, 0.4) is 0 Å². The summed E-state index contributed by atoms with van der Waals surface area (Å²) in [6.07, 6.45) is 0. The largest absolute Gasteiger partial charge is 0.396 e. The van der Waals surface area contributed by atoms with E-state index >= 15 is 0 Å². The quantitative estimate of drug-likeness (QED) is 0.683. The summed E-state index contributed by atoms with van der Waals surface area (Å²) in [5, 5.41) is 9.98. The fourth-order valence-corrected chi connectivity index (χ4v) is 2.23. The molecule has 1 aromatic heterocycles. The van der Waals surface area contributed by atoms with Gasteiger partial charge < -0.3 is 5.11 Å². The second-order valence-electron chi connectivity index (χ2n) is 3.29. The summed E-state index contributed by atoms with van der Waals surface area (Å²) in [6, 6.07) is 11.4. The van der Waals surface area contributed by atoms with Crippen LogP contribution in [0, 0.1) is 0 Å². The molecular weight excluding hydrogens is 256 g/mol. The minimum absolute atomic E-state index is 0.118. The molecule has 0 aliphatic heterocycles. The lowest BCUT2D eigenvalue weighted by Gasteiger charge is -2.04. The van der Waals surface area contributed by atoms with Crippen molar-refractivity contribution in [3.63, 3.8) is 0 Å². The number of thioether (sulfide) groups is 1. The Balaban J connectivity index is 2.32. The lowest BCUT2D eigenvalue weighted by atomic mass is 10.2. The number of benzene rings is 1. The van der Waals surface area contributed by atoms with E-state index < -0.39 is 0 Å². The highest BCUT2D eigenvalue weighted by Gasteiger charge is 2.05. The predicted octanol–water partition coefficient (Wildman–Crippen LogP) is 2.88. The van der Waals surface area contributed by atoms with Gasteiger partial charge in [-0.05, 0) is 0 Å². The minimum Gasteiger partial charge on any atom is -0.396 e. The molecule has 3 nitrogen and oxygen atoms in total. The highest BCUT2D eigenvalue weighted by atomic mass is 35.5. The van der Waals surface area contributed by atoms with Crippen LogP contribution in [0.15, 0.2) is 41.4 Å². The average Bonchev–Trinajstić information content (AvgIpc) is 2.37. The van der Waals surface area contributed by atoms with E-state index in [-0.39, 0.29) is 6.61 Å². The van der Waals surface area contributed by atoms with Gasteiger partial charge in [-0.2, -0.15) is 0 Å². The normalized spacial score (nSPS) is 10.5. The van der Waals surface area contributed by atoms with Crippen LogP contribution in [0.25, 0.3) is 11.4 Å². The first kappa shape index (κ1) is 12.4. The van der Waals surface area contributed by atoms with Crippen molar-refractivity contribution in [2.24, 2.45) is 0 Å². The fraction of sp³-hybridized carbons (Fsp3) is 0.167. The van der Waals surface area contributed by atoms with Crippen LogP contribution in [0.5, 0.6) is 0 Å². The summed E-state index contributed by atoms with van der Waals surface area (Å²) in [4.78, 5) is 8.59. The van der Waals surface area contributed by atoms with Crippen LogP contribution in [-0.2, 0) is 0 Å². The van der Waals surface area contributed by atoms with Crippen molar-refractivity contribution in [3.05, 3.63) is 41.6 Å². The molecule has 0 aliphatic carbocycles. The first-order valence-corrected chi connectivity index (χ1v) is 6.49. The molecule has 1 aromatic carbocycles. The molecule has 17 heavy (non-hydrogen) atoms. The number of hydrogen-bond donors (Lipinski definition) is 1. The van der Waals surface area contributed by atoms with Crippen molar-refractivity contribution in [2.45, 2.75) is 5.03 Å². The molecule has 0 aliphatic rings. The van der Waals surface area contributed by atoms with Crippen LogP contribution in [-0.4, -0.2) is 27.4 Å². The Labute approximate surface area is 109 Å². The Hall–Kier alpha value is -1.10. The number of halogens is 1. The Morgan fingerprint density at radius 1 is 1.18 bits per heavy atom. The van der Waals surface area contributed by atoms with E-state index in [4.69, 9.17) is 16.7 Å². The van der Waals surface area contributed by atoms with Gasteiger partial charge in [0.2, 0.25) is 0 Å². The van der Waals surface area contributed by atoms with E-state index in [1.165, 1.54) is 11.8 Å². The monoisotopic (exact) mass is 266 g/mol. The molecule has 0 atom stereocenters. The van der Waals surface area contributed by atoms with Crippen molar-refractivity contribution in [2.75, 3.05) is 12.4 Å². The molecule has 0 fully saturated rings. The molecule has 2 rings (SSSR count). The third-order valence-electron chi connectivity index (χ3n) is 2.04. The number of aliphatic hydroxyl groups excluding tert-OH is 1. The van der Waals surface area contributed by atoms with Gasteiger partial charge in [-0.15, -0.1) is 11.8 Å². The van der Waals surface area contributed by atoms with Crippen LogP contribution < -0.4 is 0 Å². The van der Waals surface area contributed by atoms with E-state index in [0.717, 1.165) is 10.6 Å². The zero-order valence-electron chi connectivity index (χ0n) is 9.01. The van der Waals surface area contributed by atoms with Crippen LogP contribution in [0.4, 0.5) is 0 Å². The molecule has 0 saturated carbocycles. The van der Waals surface area contributed by atoms with Gasteiger partial charge in [0.25, 0.3) is 0 Å². The summed E-state index contributed by atoms with van der Waals surface area (Å²) >= 11 is 7.41. The maximum absolute atomic E-state index is 8.79. The topological polar surface area (TPSA) is 46.0 Å². The Morgan fingerprint density at radius 3 is 2.65 bits per heavy atom. The molecule has 1 heterocycles. The molecule has 1 N–H and O–H groups in total. The molecule has 0 bridgehead atoms. The third kappa shape index (κ3) is 3.43. The minimum atomic E-state index is 0.118. The summed E-state index contributed by atoms with van der Waals surface area (Å²) in [5.74, 6) is 1.21. The first-order valence-electron chi connectivity index (χ1n) is 5.13. The number of rotatable bonds is 4. The van der Waals surface area contributed by atoms with Gasteiger partial charge in [-0.3, -0.25) is 0 Å². The molecule has 2 aromatic rings. The van der Waals surface area contributed by atoms with Crippen LogP contribution in [0.2, 0.25) is 5.15 Å². The maximum atomic E-state index is 8.79. The summed E-state index contributed by atoms with van der Waals surface area (Å²) < 4.78 is 0. The van der Waals surface area contributed by atoms with Gasteiger partial charge in [0, 0.05) is 17.4 Å². The van der Waals surface area contributed by atoms with Crippen molar-refractivity contribution in [1.82, 2.24) is 9.97 Å². The molecule has 0 saturated heterocycles. The van der Waals surface area contributed by atoms with E-state index in [0.29, 0.717) is 16.7 Å². The molecule has 5 heteroatoms. The molecule has 0 spiro atoms. The van der Waals surface area contributed by atoms with Crippen molar-refractivity contribution in [1.29, 1.82) is 0 Å². The Morgan fingerprint density at radius 2 is 1.94 bits per heavy atom. The van der Waals surface area contributed by atoms with Gasteiger partial charge in [0.1, 0.15) is 10.2 Å². The summed E-state index contributed by atoms with van der Waals surface area (Å²) in [5.41, 5.74) is 0.931. The van der Waals surface area contributed by atoms with Gasteiger partial charge in [0.15, 0.2) is 5.82 Å². The van der Waals surface area contributed by atoms with Gasteiger partial charge in [0.05, 0.1) is 6.61 Å². The van der Waals surface area contributed by atoms with E-state index in [1.54, 1.807) is 6.07 Å². The fourth-order valence-electron chi connectivity index (χ4n) is 1.34. The standard InChI is InChI=1S/C12H11ClN2OS/c13-10-8-11(17-7-6-16)15-12(14-10)9-4-2-1-3-5-9/h1-5,8,16H,6-7H2. The molecule has 0 amide bonds. The van der Waals surface area contributed by atoms with Gasteiger partial charge in [-0.1, -0.05) is 41.9 Å². The second kappa shape index (κ2) is 6.00. The highest BCUT2D eigenvalue weighted by Crippen LogP contribution is 2.23. The van der Waals surface area contributed by atoms with E-state index in [2.05, 4.69) is 9.97 Å². The molecule has 88 valence electrons. The Kier molecular flexibility index (Phi) is 4.36. The summed E-state index contributed by atoms with van der Waals surface area (Å²) in [6.45, 7) is 0.118.